The number of amides is 4. The number of nitrogens with one attached hydrogen (secondary N) is 3. The van der Waals surface area contributed by atoms with Crippen LogP contribution < -0.4 is 15.4 Å². The molecule has 4 bridgehead atoms. The lowest BCUT2D eigenvalue weighted by Crippen LogP contribution is -2.60. The first kappa shape index (κ1) is 38.5. The van der Waals surface area contributed by atoms with Gasteiger partial charge in [0.2, 0.25) is 21.8 Å². The molecule has 53 heavy (non-hydrogen) atoms. The van der Waals surface area contributed by atoms with Gasteiger partial charge in [0.25, 0.3) is 5.91 Å². The molecule has 2 heterocycles. The van der Waals surface area contributed by atoms with Crippen LogP contribution in [0, 0.1) is 22.7 Å². The van der Waals surface area contributed by atoms with Crippen LogP contribution in [0.15, 0.2) is 36.9 Å². The minimum Gasteiger partial charge on any atom is -0.460 e. The number of esters is 1. The average molecular weight is 753 g/mol. The second kappa shape index (κ2) is 14.2. The maximum Gasteiger partial charge on any atom is 0.407 e. The smallest absolute Gasteiger partial charge is 0.407 e. The fourth-order valence-corrected chi connectivity index (χ4v) is 9.01. The number of alkyl carbamates (subject to hydrolysis) is 1. The Morgan fingerprint density at radius 3 is 2.51 bits per heavy atom. The second-order valence-electron chi connectivity index (χ2n) is 17.2. The van der Waals surface area contributed by atoms with E-state index in [1.165, 1.54) is 11.0 Å². The Kier molecular flexibility index (Phi) is 10.3. The van der Waals surface area contributed by atoms with E-state index in [4.69, 9.17) is 9.47 Å². The van der Waals surface area contributed by atoms with Gasteiger partial charge in [-0.2, -0.15) is 0 Å². The molecule has 1 aromatic rings. The summed E-state index contributed by atoms with van der Waals surface area (Å²) in [6.07, 6.45) is 7.42. The van der Waals surface area contributed by atoms with Gasteiger partial charge >= 0.3 is 12.1 Å². The molecular weight excluding hydrogens is 701 g/mol. The summed E-state index contributed by atoms with van der Waals surface area (Å²) in [6.45, 7) is 13.1. The number of nitrogens with zero attached hydrogens (tertiary/aromatic N) is 1. The Morgan fingerprint density at radius 2 is 1.85 bits per heavy atom. The van der Waals surface area contributed by atoms with Crippen molar-refractivity contribution in [3.63, 3.8) is 0 Å². The van der Waals surface area contributed by atoms with E-state index in [0.717, 1.165) is 29.5 Å². The molecule has 6 atom stereocenters. The van der Waals surface area contributed by atoms with Gasteiger partial charge in [0.15, 0.2) is 0 Å². The summed E-state index contributed by atoms with van der Waals surface area (Å²) in [5, 5.41) is 4.84. The summed E-state index contributed by atoms with van der Waals surface area (Å²) in [4.78, 5) is 70.4. The fraction of sp³-hybridized carbons (Fsp3) is 0.615. The number of rotatable bonds is 6. The molecule has 4 amide bonds. The Labute approximate surface area is 311 Å². The number of hydrogen-bond donors (Lipinski definition) is 3. The van der Waals surface area contributed by atoms with Crippen LogP contribution in [0.5, 0.6) is 0 Å². The highest BCUT2D eigenvalue weighted by Gasteiger charge is 2.62. The summed E-state index contributed by atoms with van der Waals surface area (Å²) < 4.78 is 39.2. The highest BCUT2D eigenvalue weighted by Crippen LogP contribution is 2.45. The van der Waals surface area contributed by atoms with Crippen LogP contribution in [0.2, 0.25) is 0 Å². The number of sulfonamides is 1. The number of hydrogen-bond acceptors (Lipinski definition) is 9. The number of carbonyl (C=O) groups is 5. The van der Waals surface area contributed by atoms with Gasteiger partial charge < -0.3 is 25.0 Å². The maximum absolute atomic E-state index is 14.5. The monoisotopic (exact) mass is 752 g/mol. The van der Waals surface area contributed by atoms with E-state index in [1.807, 2.05) is 32.0 Å². The van der Waals surface area contributed by atoms with Crippen LogP contribution in [0.3, 0.4) is 0 Å². The summed E-state index contributed by atoms with van der Waals surface area (Å²) in [6, 6.07) is 3.66. The van der Waals surface area contributed by atoms with Gasteiger partial charge in [0.1, 0.15) is 23.7 Å². The molecule has 6 rings (SSSR count). The summed E-state index contributed by atoms with van der Waals surface area (Å²) >= 11 is 0. The van der Waals surface area contributed by atoms with E-state index in [2.05, 4.69) is 34.1 Å². The maximum atomic E-state index is 14.5. The van der Waals surface area contributed by atoms with Gasteiger partial charge in [-0.25, -0.2) is 13.2 Å². The van der Waals surface area contributed by atoms with Crippen LogP contribution >= 0.6 is 0 Å². The van der Waals surface area contributed by atoms with E-state index < -0.39 is 86.0 Å². The molecule has 3 aliphatic carbocycles. The molecule has 14 heteroatoms. The van der Waals surface area contributed by atoms with Gasteiger partial charge in [0, 0.05) is 12.3 Å². The topological polar surface area (TPSA) is 177 Å². The number of ether oxygens (including phenoxy) is 2. The van der Waals surface area contributed by atoms with E-state index >= 15 is 0 Å². The number of allylic oxidation sites excluding steroid dienone is 1. The molecule has 1 aromatic carbocycles. The van der Waals surface area contributed by atoms with Crippen molar-refractivity contribution in [2.75, 3.05) is 13.2 Å². The number of cyclic esters (lactones) is 1. The highest BCUT2D eigenvalue weighted by atomic mass is 32.2. The highest BCUT2D eigenvalue weighted by molar-refractivity contribution is 7.91. The molecule has 0 spiro atoms. The zero-order chi connectivity index (χ0) is 38.5. The molecule has 2 aliphatic heterocycles. The number of fused-ring (bicyclic) bond motifs is 3. The predicted molar refractivity (Wildman–Crippen MR) is 196 cm³/mol. The van der Waals surface area contributed by atoms with Crippen molar-refractivity contribution in [1.29, 1.82) is 0 Å². The quantitative estimate of drug-likeness (QED) is 0.290. The van der Waals surface area contributed by atoms with Crippen LogP contribution in [-0.4, -0.2) is 85.2 Å². The van der Waals surface area contributed by atoms with Crippen LogP contribution in [0.4, 0.5) is 4.79 Å². The Balaban J connectivity index is 1.29. The van der Waals surface area contributed by atoms with Crippen molar-refractivity contribution in [2.24, 2.45) is 22.7 Å². The summed E-state index contributed by atoms with van der Waals surface area (Å²) in [5.41, 5.74) is 0.410. The van der Waals surface area contributed by atoms with E-state index in [9.17, 15) is 32.4 Å². The summed E-state index contributed by atoms with van der Waals surface area (Å²) in [5.74, 6) is -3.57. The molecule has 2 saturated carbocycles. The molecule has 0 radical (unpaired) electrons. The lowest BCUT2D eigenvalue weighted by Gasteiger charge is -2.35. The van der Waals surface area contributed by atoms with Crippen molar-refractivity contribution in [3.8, 4) is 0 Å². The summed E-state index contributed by atoms with van der Waals surface area (Å²) in [7, 11) is -3.91. The molecule has 3 fully saturated rings. The predicted octanol–water partition coefficient (Wildman–Crippen LogP) is 3.56. The first-order chi connectivity index (χ1) is 24.8. The molecule has 13 nitrogen and oxygen atoms in total. The molecule has 5 aliphatic rings. The van der Waals surface area contributed by atoms with E-state index in [0.29, 0.717) is 25.7 Å². The second-order valence-corrected chi connectivity index (χ2v) is 19.2. The molecule has 0 aromatic heterocycles. The third-order valence-electron chi connectivity index (χ3n) is 11.2. The van der Waals surface area contributed by atoms with Gasteiger partial charge in [0.05, 0.1) is 24.3 Å². The molecule has 1 unspecified atom stereocenters. The lowest BCUT2D eigenvalue weighted by atomic mass is 9.85. The normalized spacial score (nSPS) is 30.4. The first-order valence-electron chi connectivity index (χ1n) is 18.6. The molecule has 3 N–H and O–H groups in total. The molecular formula is C39H52N4O9S. The van der Waals surface area contributed by atoms with Gasteiger partial charge in [-0.15, -0.1) is 6.58 Å². The Morgan fingerprint density at radius 1 is 1.11 bits per heavy atom. The minimum absolute atomic E-state index is 0.0662. The van der Waals surface area contributed by atoms with Crippen molar-refractivity contribution in [1.82, 2.24) is 20.3 Å². The van der Waals surface area contributed by atoms with Crippen molar-refractivity contribution < 1.29 is 41.9 Å². The zero-order valence-electron chi connectivity index (χ0n) is 31.2. The SMILES string of the molecule is C=C[C@@H]1C[C@]1(NC(=O)[C@@H]1C[C@@H]2CN1C(=O)[C@H](C(C)(C)C)NC(=O)OCC(C)(C)CCC=Cc1cccc3c1CC(C3)C(=O)O2)C(=O)NS(=O)(=O)C1CC1. The lowest BCUT2D eigenvalue weighted by molar-refractivity contribution is -0.154. The standard InChI is InChI=1S/C39H52N4O9S/c1-7-26-20-39(26,35(47)42-53(49,50)28-14-15-28)41-32(44)30-19-27-21-43(30)33(45)31(37(2,3)4)40-36(48)51-22-38(5,6)16-9-8-11-23-12-10-13-24-17-25(18-29(23)24)34(46)52-27/h7-8,10-13,25-28,30-31H,1,9,14-22H2,2-6H3,(H,40,48)(H,41,44)(H,42,47)/t25?,26-,27-,30+,31-,39-/m1/s1. The van der Waals surface area contributed by atoms with Gasteiger partial charge in [-0.05, 0) is 72.5 Å². The Bertz CT molecular complexity index is 1830. The van der Waals surface area contributed by atoms with Crippen molar-refractivity contribution in [3.05, 3.63) is 53.6 Å². The average Bonchev–Trinajstić information content (AvgIpc) is 3.97. The van der Waals surface area contributed by atoms with Crippen molar-refractivity contribution >= 4 is 45.9 Å². The van der Waals surface area contributed by atoms with Crippen LogP contribution in [-0.2, 0) is 51.5 Å². The molecule has 288 valence electrons. The van der Waals surface area contributed by atoms with Gasteiger partial charge in [-0.3, -0.25) is 23.9 Å². The third-order valence-corrected chi connectivity index (χ3v) is 13.0. The van der Waals surface area contributed by atoms with Crippen LogP contribution in [0.1, 0.15) is 89.8 Å². The van der Waals surface area contributed by atoms with E-state index in [-0.39, 0.29) is 31.4 Å². The van der Waals surface area contributed by atoms with E-state index in [1.54, 1.807) is 20.8 Å². The third kappa shape index (κ3) is 8.32. The number of carbonyl (C=O) groups excluding carboxylic acids is 5. The van der Waals surface area contributed by atoms with Crippen molar-refractivity contribution in [2.45, 2.75) is 115 Å². The molecule has 1 saturated heterocycles. The number of benzene rings is 1. The fourth-order valence-electron chi connectivity index (χ4n) is 7.65. The largest absolute Gasteiger partial charge is 0.460 e. The Hall–Kier alpha value is -4.20. The zero-order valence-corrected chi connectivity index (χ0v) is 32.1. The first-order valence-corrected chi connectivity index (χ1v) is 20.1. The van der Waals surface area contributed by atoms with Gasteiger partial charge in [-0.1, -0.05) is 71.0 Å². The van der Waals surface area contributed by atoms with Crippen LogP contribution in [0.25, 0.3) is 6.08 Å². The minimum atomic E-state index is -3.91.